The molecule has 0 saturated heterocycles. The average molecular weight is 319 g/mol. The van der Waals surface area contributed by atoms with Crippen LogP contribution in [0.4, 0.5) is 0 Å². The van der Waals surface area contributed by atoms with E-state index < -0.39 is 5.97 Å². The number of ketones is 1. The third kappa shape index (κ3) is 3.46. The topological polar surface area (TPSA) is 52.6 Å². The molecule has 0 saturated carbocycles. The maximum absolute atomic E-state index is 12.6. The number of methoxy groups -OCH3 is 1. The second kappa shape index (κ2) is 7.09. The van der Waals surface area contributed by atoms with E-state index in [4.69, 9.17) is 21.1 Å². The molecule has 0 amide bonds. The first kappa shape index (κ1) is 16.0. The zero-order chi connectivity index (χ0) is 16.1. The molecule has 0 heterocycles. The summed E-state index contributed by atoms with van der Waals surface area (Å²) in [5.41, 5.74) is 0.872. The van der Waals surface area contributed by atoms with Crippen molar-refractivity contribution in [3.8, 4) is 5.75 Å². The maximum atomic E-state index is 12.6. The molecule has 22 heavy (non-hydrogen) atoms. The van der Waals surface area contributed by atoms with Crippen LogP contribution in [0.2, 0.25) is 5.02 Å². The molecule has 0 aliphatic rings. The quantitative estimate of drug-likeness (QED) is 0.622. The van der Waals surface area contributed by atoms with E-state index in [0.717, 1.165) is 0 Å². The lowest BCUT2D eigenvalue weighted by atomic mass is 9.98. The second-order valence-electron chi connectivity index (χ2n) is 4.47. The van der Waals surface area contributed by atoms with E-state index >= 15 is 0 Å². The van der Waals surface area contributed by atoms with Gasteiger partial charge in [0.1, 0.15) is 5.75 Å². The van der Waals surface area contributed by atoms with Crippen LogP contribution in [0.15, 0.2) is 42.5 Å². The van der Waals surface area contributed by atoms with E-state index in [0.29, 0.717) is 16.3 Å². The van der Waals surface area contributed by atoms with Gasteiger partial charge in [-0.3, -0.25) is 4.79 Å². The number of hydrogen-bond acceptors (Lipinski definition) is 4. The summed E-state index contributed by atoms with van der Waals surface area (Å²) in [6.07, 6.45) is 0. The second-order valence-corrected chi connectivity index (χ2v) is 4.90. The Morgan fingerprint density at radius 1 is 1.05 bits per heavy atom. The Balaban J connectivity index is 2.41. The molecular formula is C17H15ClO4. The fourth-order valence-electron chi connectivity index (χ4n) is 1.99. The first-order chi connectivity index (χ1) is 10.6. The zero-order valence-corrected chi connectivity index (χ0v) is 13.0. The first-order valence-electron chi connectivity index (χ1n) is 6.72. The third-order valence-corrected chi connectivity index (χ3v) is 3.31. The van der Waals surface area contributed by atoms with Crippen LogP contribution in [0.1, 0.15) is 33.2 Å². The Kier molecular flexibility index (Phi) is 5.17. The smallest absolute Gasteiger partial charge is 0.338 e. The molecule has 0 unspecified atom stereocenters. The van der Waals surface area contributed by atoms with Crippen molar-refractivity contribution in [1.82, 2.24) is 0 Å². The summed E-state index contributed by atoms with van der Waals surface area (Å²) in [6.45, 7) is 1.93. The Bertz CT molecular complexity index is 692. The number of esters is 1. The lowest BCUT2D eigenvalue weighted by Gasteiger charge is -2.09. The van der Waals surface area contributed by atoms with Gasteiger partial charge >= 0.3 is 5.97 Å². The summed E-state index contributed by atoms with van der Waals surface area (Å²) in [4.78, 5) is 24.6. The Hall–Kier alpha value is -2.33. The van der Waals surface area contributed by atoms with Crippen molar-refractivity contribution < 1.29 is 19.1 Å². The number of halogens is 1. The molecule has 0 atom stereocenters. The van der Waals surface area contributed by atoms with Crippen molar-refractivity contribution >= 4 is 23.4 Å². The van der Waals surface area contributed by atoms with Gasteiger partial charge in [-0.2, -0.15) is 0 Å². The van der Waals surface area contributed by atoms with Gasteiger partial charge in [-0.15, -0.1) is 0 Å². The van der Waals surface area contributed by atoms with Gasteiger partial charge in [-0.1, -0.05) is 11.6 Å². The summed E-state index contributed by atoms with van der Waals surface area (Å²) in [5.74, 6) is -0.192. The number of ether oxygens (including phenoxy) is 2. The van der Waals surface area contributed by atoms with E-state index in [2.05, 4.69) is 0 Å². The van der Waals surface area contributed by atoms with Crippen molar-refractivity contribution in [3.63, 3.8) is 0 Å². The van der Waals surface area contributed by atoms with Crippen LogP contribution in [-0.2, 0) is 4.74 Å². The van der Waals surface area contributed by atoms with Gasteiger partial charge < -0.3 is 9.47 Å². The first-order valence-corrected chi connectivity index (χ1v) is 7.10. The van der Waals surface area contributed by atoms with Gasteiger partial charge in [0.05, 0.1) is 19.3 Å². The highest BCUT2D eigenvalue weighted by atomic mass is 35.5. The SMILES string of the molecule is CCOC(=O)c1cc(Cl)ccc1C(=O)c1ccc(OC)cc1. The highest BCUT2D eigenvalue weighted by molar-refractivity contribution is 6.31. The predicted octanol–water partition coefficient (Wildman–Crippen LogP) is 3.76. The van der Waals surface area contributed by atoms with Crippen molar-refractivity contribution in [1.29, 1.82) is 0 Å². The summed E-state index contributed by atoms with van der Waals surface area (Å²) in [7, 11) is 1.55. The molecule has 0 radical (unpaired) electrons. The maximum Gasteiger partial charge on any atom is 0.338 e. The molecule has 0 N–H and O–H groups in total. The molecule has 0 spiro atoms. The molecule has 0 bridgehead atoms. The fourth-order valence-corrected chi connectivity index (χ4v) is 2.16. The Morgan fingerprint density at radius 2 is 1.73 bits per heavy atom. The highest BCUT2D eigenvalue weighted by Crippen LogP contribution is 2.21. The number of carbonyl (C=O) groups is 2. The molecule has 5 heteroatoms. The molecule has 0 fully saturated rings. The number of benzene rings is 2. The summed E-state index contributed by atoms with van der Waals surface area (Å²) < 4.78 is 10.0. The summed E-state index contributed by atoms with van der Waals surface area (Å²) >= 11 is 5.92. The van der Waals surface area contributed by atoms with Gasteiger partial charge in [0.2, 0.25) is 0 Å². The molecule has 114 valence electrons. The lowest BCUT2D eigenvalue weighted by molar-refractivity contribution is 0.0523. The average Bonchev–Trinajstić information content (AvgIpc) is 2.54. The van der Waals surface area contributed by atoms with Crippen LogP contribution >= 0.6 is 11.6 Å². The molecule has 4 nitrogen and oxygen atoms in total. The van der Waals surface area contributed by atoms with Crippen molar-refractivity contribution in [3.05, 3.63) is 64.2 Å². The normalized spacial score (nSPS) is 10.1. The largest absolute Gasteiger partial charge is 0.497 e. The van der Waals surface area contributed by atoms with E-state index in [1.54, 1.807) is 44.4 Å². The van der Waals surface area contributed by atoms with Crippen molar-refractivity contribution in [2.24, 2.45) is 0 Å². The Morgan fingerprint density at radius 3 is 2.32 bits per heavy atom. The monoisotopic (exact) mass is 318 g/mol. The Labute approximate surface area is 133 Å². The standard InChI is InChI=1S/C17H15ClO4/c1-3-22-17(20)15-10-12(18)6-9-14(15)16(19)11-4-7-13(21-2)8-5-11/h4-10H,3H2,1-2H3. The van der Waals surface area contributed by atoms with Crippen LogP contribution in [0.5, 0.6) is 5.75 Å². The molecular weight excluding hydrogens is 304 g/mol. The molecule has 0 aromatic heterocycles. The van der Waals surface area contributed by atoms with Crippen LogP contribution in [0.3, 0.4) is 0 Å². The molecule has 0 aliphatic carbocycles. The van der Waals surface area contributed by atoms with E-state index in [-0.39, 0.29) is 23.5 Å². The molecule has 2 aromatic carbocycles. The predicted molar refractivity (Wildman–Crippen MR) is 83.8 cm³/mol. The number of hydrogen-bond donors (Lipinski definition) is 0. The van der Waals surface area contributed by atoms with Gasteiger partial charge in [-0.25, -0.2) is 4.79 Å². The van der Waals surface area contributed by atoms with E-state index in [1.165, 1.54) is 12.1 Å². The summed E-state index contributed by atoms with van der Waals surface area (Å²) in [6, 6.07) is 11.2. The minimum absolute atomic E-state index is 0.162. The zero-order valence-electron chi connectivity index (χ0n) is 12.3. The minimum Gasteiger partial charge on any atom is -0.497 e. The molecule has 0 aliphatic heterocycles. The fraction of sp³-hybridized carbons (Fsp3) is 0.176. The van der Waals surface area contributed by atoms with Crippen molar-refractivity contribution in [2.75, 3.05) is 13.7 Å². The highest BCUT2D eigenvalue weighted by Gasteiger charge is 2.19. The number of carbonyl (C=O) groups excluding carboxylic acids is 2. The van der Waals surface area contributed by atoms with Gasteiger partial charge in [0.25, 0.3) is 0 Å². The van der Waals surface area contributed by atoms with Crippen LogP contribution in [0, 0.1) is 0 Å². The van der Waals surface area contributed by atoms with Crippen LogP contribution < -0.4 is 4.74 Å². The molecule has 2 rings (SSSR count). The van der Waals surface area contributed by atoms with Gasteiger partial charge in [0.15, 0.2) is 5.78 Å². The van der Waals surface area contributed by atoms with Gasteiger partial charge in [0, 0.05) is 16.1 Å². The van der Waals surface area contributed by atoms with E-state index in [9.17, 15) is 9.59 Å². The minimum atomic E-state index is -0.568. The van der Waals surface area contributed by atoms with Gasteiger partial charge in [-0.05, 0) is 49.4 Å². The van der Waals surface area contributed by atoms with E-state index in [1.807, 2.05) is 0 Å². The van der Waals surface area contributed by atoms with Crippen LogP contribution in [0.25, 0.3) is 0 Å². The third-order valence-electron chi connectivity index (χ3n) is 3.07. The van der Waals surface area contributed by atoms with Crippen LogP contribution in [-0.4, -0.2) is 25.5 Å². The van der Waals surface area contributed by atoms with Crippen molar-refractivity contribution in [2.45, 2.75) is 6.92 Å². The lowest BCUT2D eigenvalue weighted by Crippen LogP contribution is -2.12. The summed E-state index contributed by atoms with van der Waals surface area (Å²) in [5, 5.41) is 0.370. The number of rotatable bonds is 5. The molecule has 2 aromatic rings.